The summed E-state index contributed by atoms with van der Waals surface area (Å²) in [5, 5.41) is 22.2. The van der Waals surface area contributed by atoms with Crippen LogP contribution in [-0.4, -0.2) is 40.7 Å². The third-order valence-electron chi connectivity index (χ3n) is 2.94. The maximum atomic E-state index is 11.0. The highest BCUT2D eigenvalue weighted by molar-refractivity contribution is 6.60. The fraction of sp³-hybridized carbons (Fsp3) is 0.308. The lowest BCUT2D eigenvalue weighted by molar-refractivity contribution is 0.112. The Labute approximate surface area is 126 Å². The Kier molecular flexibility index (Phi) is 5.13. The molecule has 2 N–H and O–H groups in total. The molecule has 0 aliphatic heterocycles. The number of ether oxygens (including phenoxy) is 2. The Bertz CT molecular complexity index is 658. The Balaban J connectivity index is 2.23. The van der Waals surface area contributed by atoms with Crippen molar-refractivity contribution < 1.29 is 28.8 Å². The van der Waals surface area contributed by atoms with Gasteiger partial charge in [0.15, 0.2) is 18.1 Å². The first kappa shape index (κ1) is 16.0. The highest BCUT2D eigenvalue weighted by Crippen LogP contribution is 2.27. The largest absolute Gasteiger partial charge is 0.493 e. The van der Waals surface area contributed by atoms with Gasteiger partial charge in [0.1, 0.15) is 6.29 Å². The minimum absolute atomic E-state index is 0.0270. The summed E-state index contributed by atoms with van der Waals surface area (Å²) >= 11 is 0. The van der Waals surface area contributed by atoms with Gasteiger partial charge in [-0.1, -0.05) is 12.1 Å². The average Bonchev–Trinajstić information content (AvgIpc) is 2.99. The molecular weight excluding hydrogens is 291 g/mol. The van der Waals surface area contributed by atoms with Gasteiger partial charge in [0.25, 0.3) is 0 Å². The van der Waals surface area contributed by atoms with Gasteiger partial charge >= 0.3 is 7.12 Å². The fourth-order valence-electron chi connectivity index (χ4n) is 1.82. The van der Waals surface area contributed by atoms with Crippen molar-refractivity contribution in [2.75, 3.05) is 7.11 Å². The van der Waals surface area contributed by atoms with Crippen molar-refractivity contribution in [3.8, 4) is 11.5 Å². The lowest BCUT2D eigenvalue weighted by atomic mass is 9.77. The number of hydrogen-bond donors (Lipinski definition) is 2. The number of benzene rings is 1. The molecule has 2 aromatic rings. The summed E-state index contributed by atoms with van der Waals surface area (Å²) in [6, 6.07) is 2.69. The number of aryl methyl sites for hydroxylation is 1. The average molecular weight is 306 g/mol. The molecule has 0 amide bonds. The van der Waals surface area contributed by atoms with Crippen LogP contribution in [0.25, 0.3) is 0 Å². The van der Waals surface area contributed by atoms with Crippen molar-refractivity contribution in [1.29, 1.82) is 0 Å². The van der Waals surface area contributed by atoms with Gasteiger partial charge in [0.2, 0.25) is 11.7 Å². The SMILES string of the molecule is CCc1nc(COc2cc(C=O)c(B(O)O)cc2OC)no1. The molecule has 8 nitrogen and oxygen atoms in total. The zero-order chi connectivity index (χ0) is 16.1. The summed E-state index contributed by atoms with van der Waals surface area (Å²) in [6.45, 7) is 1.91. The van der Waals surface area contributed by atoms with Crippen LogP contribution in [0.4, 0.5) is 0 Å². The van der Waals surface area contributed by atoms with Crippen LogP contribution in [0.3, 0.4) is 0 Å². The summed E-state index contributed by atoms with van der Waals surface area (Å²) in [4.78, 5) is 15.1. The molecular formula is C13H15BN2O6. The van der Waals surface area contributed by atoms with Crippen molar-refractivity contribution in [3.63, 3.8) is 0 Å². The third-order valence-corrected chi connectivity index (χ3v) is 2.94. The molecule has 0 unspecified atom stereocenters. The van der Waals surface area contributed by atoms with E-state index in [0.717, 1.165) is 0 Å². The van der Waals surface area contributed by atoms with Gasteiger partial charge in [-0.2, -0.15) is 4.98 Å². The van der Waals surface area contributed by atoms with Gasteiger partial charge in [0, 0.05) is 12.0 Å². The second-order valence-corrected chi connectivity index (χ2v) is 4.37. The minimum Gasteiger partial charge on any atom is -0.493 e. The van der Waals surface area contributed by atoms with Crippen molar-refractivity contribution in [3.05, 3.63) is 29.4 Å². The topological polar surface area (TPSA) is 115 Å². The fourth-order valence-corrected chi connectivity index (χ4v) is 1.82. The Morgan fingerprint density at radius 2 is 2.14 bits per heavy atom. The van der Waals surface area contributed by atoms with E-state index in [1.807, 2.05) is 6.92 Å². The summed E-state index contributed by atoms with van der Waals surface area (Å²) in [5.74, 6) is 1.38. The molecule has 0 aliphatic carbocycles. The number of carbonyl (C=O) groups is 1. The van der Waals surface area contributed by atoms with Crippen LogP contribution in [-0.2, 0) is 13.0 Å². The van der Waals surface area contributed by atoms with Crippen LogP contribution in [0.2, 0.25) is 0 Å². The lowest BCUT2D eigenvalue weighted by Gasteiger charge is -2.13. The Morgan fingerprint density at radius 1 is 1.36 bits per heavy atom. The first-order chi connectivity index (χ1) is 10.6. The lowest BCUT2D eigenvalue weighted by Crippen LogP contribution is -2.33. The van der Waals surface area contributed by atoms with E-state index in [9.17, 15) is 14.8 Å². The van der Waals surface area contributed by atoms with Crippen LogP contribution in [0.15, 0.2) is 16.7 Å². The second-order valence-electron chi connectivity index (χ2n) is 4.37. The number of aldehydes is 1. The number of carbonyl (C=O) groups excluding carboxylic acids is 1. The monoisotopic (exact) mass is 306 g/mol. The van der Waals surface area contributed by atoms with E-state index in [-0.39, 0.29) is 29.1 Å². The molecule has 1 aromatic carbocycles. The van der Waals surface area contributed by atoms with E-state index < -0.39 is 7.12 Å². The molecule has 0 spiro atoms. The first-order valence-corrected chi connectivity index (χ1v) is 6.56. The first-order valence-electron chi connectivity index (χ1n) is 6.56. The van der Waals surface area contributed by atoms with Gasteiger partial charge in [-0.05, 0) is 17.6 Å². The molecule has 1 heterocycles. The van der Waals surface area contributed by atoms with E-state index >= 15 is 0 Å². The van der Waals surface area contributed by atoms with Crippen LogP contribution in [0.1, 0.15) is 29.0 Å². The zero-order valence-corrected chi connectivity index (χ0v) is 12.1. The summed E-state index contributed by atoms with van der Waals surface area (Å²) in [5.41, 5.74) is 0.125. The van der Waals surface area contributed by atoms with Gasteiger partial charge in [-0.3, -0.25) is 4.79 Å². The quantitative estimate of drug-likeness (QED) is 0.530. The normalized spacial score (nSPS) is 10.4. The van der Waals surface area contributed by atoms with E-state index in [1.54, 1.807) is 0 Å². The maximum Gasteiger partial charge on any atom is 0.489 e. The molecule has 22 heavy (non-hydrogen) atoms. The molecule has 0 radical (unpaired) electrons. The number of methoxy groups -OCH3 is 1. The molecule has 9 heteroatoms. The Hall–Kier alpha value is -2.39. The van der Waals surface area contributed by atoms with Crippen LogP contribution < -0.4 is 14.9 Å². The predicted molar refractivity (Wildman–Crippen MR) is 76.2 cm³/mol. The molecule has 0 aliphatic rings. The number of rotatable bonds is 7. The smallest absolute Gasteiger partial charge is 0.489 e. The van der Waals surface area contributed by atoms with Crippen molar-refractivity contribution in [1.82, 2.24) is 10.1 Å². The van der Waals surface area contributed by atoms with Crippen LogP contribution >= 0.6 is 0 Å². The molecule has 0 bridgehead atoms. The van der Waals surface area contributed by atoms with Gasteiger partial charge in [0.05, 0.1) is 7.11 Å². The number of aromatic nitrogens is 2. The molecule has 1 aromatic heterocycles. The van der Waals surface area contributed by atoms with E-state index in [4.69, 9.17) is 14.0 Å². The third kappa shape index (κ3) is 3.44. The van der Waals surface area contributed by atoms with Crippen molar-refractivity contribution >= 4 is 18.9 Å². The highest BCUT2D eigenvalue weighted by atomic mass is 16.5. The molecule has 0 fully saturated rings. The summed E-state index contributed by atoms with van der Waals surface area (Å²) < 4.78 is 15.6. The number of hydrogen-bond acceptors (Lipinski definition) is 8. The molecule has 2 rings (SSSR count). The van der Waals surface area contributed by atoms with Crippen LogP contribution in [0.5, 0.6) is 11.5 Å². The van der Waals surface area contributed by atoms with E-state index in [1.165, 1.54) is 19.2 Å². The van der Waals surface area contributed by atoms with Gasteiger partial charge < -0.3 is 24.0 Å². The van der Waals surface area contributed by atoms with Crippen molar-refractivity contribution in [2.24, 2.45) is 0 Å². The predicted octanol–water partition coefficient (Wildman–Crippen LogP) is -0.288. The summed E-state index contributed by atoms with van der Waals surface area (Å²) in [6.07, 6.45) is 1.12. The molecule has 0 saturated carbocycles. The molecule has 0 atom stereocenters. The molecule has 0 saturated heterocycles. The molecule has 116 valence electrons. The summed E-state index contributed by atoms with van der Waals surface area (Å²) in [7, 11) is -0.382. The highest BCUT2D eigenvalue weighted by Gasteiger charge is 2.20. The van der Waals surface area contributed by atoms with Crippen LogP contribution in [0, 0.1) is 0 Å². The van der Waals surface area contributed by atoms with E-state index in [2.05, 4.69) is 10.1 Å². The Morgan fingerprint density at radius 3 is 2.68 bits per heavy atom. The standard InChI is InChI=1S/C13H15BN2O6/c1-3-13-15-12(16-22-13)7-21-11-4-8(6-17)9(14(18)19)5-10(11)20-2/h4-6,18-19H,3,7H2,1-2H3. The minimum atomic E-state index is -1.78. The van der Waals surface area contributed by atoms with Crippen molar-refractivity contribution in [2.45, 2.75) is 20.0 Å². The maximum absolute atomic E-state index is 11.0. The number of nitrogens with zero attached hydrogens (tertiary/aromatic N) is 2. The van der Waals surface area contributed by atoms with E-state index in [0.29, 0.717) is 24.4 Å². The van der Waals surface area contributed by atoms with Gasteiger partial charge in [-0.15, -0.1) is 0 Å². The zero-order valence-electron chi connectivity index (χ0n) is 12.1. The van der Waals surface area contributed by atoms with Gasteiger partial charge in [-0.25, -0.2) is 0 Å². The second kappa shape index (κ2) is 7.05.